The Bertz CT molecular complexity index is 1200. The van der Waals surface area contributed by atoms with E-state index in [4.69, 9.17) is 0 Å². The predicted molar refractivity (Wildman–Crippen MR) is 97.7 cm³/mol. The second-order valence-electron chi connectivity index (χ2n) is 6.02. The number of H-pyrrole nitrogens is 1. The molecule has 0 unspecified atom stereocenters. The number of hydrogen-bond donors (Lipinski definition) is 1. The Labute approximate surface area is 147 Å². The van der Waals surface area contributed by atoms with Crippen LogP contribution >= 0.6 is 11.3 Å². The average molecular weight is 346 g/mol. The van der Waals surface area contributed by atoms with Crippen molar-refractivity contribution in [3.05, 3.63) is 65.2 Å². The van der Waals surface area contributed by atoms with E-state index >= 15 is 0 Å². The van der Waals surface area contributed by atoms with E-state index in [9.17, 15) is 0 Å². The molecular weight excluding hydrogens is 332 g/mol. The van der Waals surface area contributed by atoms with Crippen LogP contribution in [-0.2, 0) is 6.42 Å². The van der Waals surface area contributed by atoms with Crippen molar-refractivity contribution in [2.45, 2.75) is 13.3 Å². The summed E-state index contributed by atoms with van der Waals surface area (Å²) in [5.41, 5.74) is 5.22. The summed E-state index contributed by atoms with van der Waals surface area (Å²) in [7, 11) is 0. The number of benzene rings is 1. The lowest BCUT2D eigenvalue weighted by Gasteiger charge is -1.96. The van der Waals surface area contributed by atoms with Crippen molar-refractivity contribution in [3.8, 4) is 10.6 Å². The maximum atomic E-state index is 4.66. The molecule has 0 aliphatic heterocycles. The van der Waals surface area contributed by atoms with Gasteiger partial charge in [-0.3, -0.25) is 5.10 Å². The Hall–Kier alpha value is -3.06. The zero-order valence-corrected chi connectivity index (χ0v) is 14.3. The van der Waals surface area contributed by atoms with Gasteiger partial charge in [-0.2, -0.15) is 5.10 Å². The lowest BCUT2D eigenvalue weighted by Crippen LogP contribution is -1.86. The summed E-state index contributed by atoms with van der Waals surface area (Å²) in [6, 6.07) is 10.2. The number of hydrogen-bond acceptors (Lipinski definition) is 5. The molecule has 0 amide bonds. The summed E-state index contributed by atoms with van der Waals surface area (Å²) in [4.78, 5) is 4.66. The normalized spacial score (nSPS) is 11.6. The number of aromatic nitrogens is 6. The van der Waals surface area contributed by atoms with Crippen LogP contribution in [0, 0.1) is 6.92 Å². The van der Waals surface area contributed by atoms with Crippen LogP contribution in [0.5, 0.6) is 0 Å². The monoisotopic (exact) mass is 346 g/mol. The highest BCUT2D eigenvalue weighted by molar-refractivity contribution is 7.14. The number of nitrogens with one attached hydrogen (secondary N) is 1. The van der Waals surface area contributed by atoms with Gasteiger partial charge in [-0.25, -0.2) is 4.98 Å². The van der Waals surface area contributed by atoms with Crippen LogP contribution in [0.4, 0.5) is 0 Å². The highest BCUT2D eigenvalue weighted by Crippen LogP contribution is 2.30. The Morgan fingerprint density at radius 1 is 1.12 bits per heavy atom. The van der Waals surface area contributed by atoms with Gasteiger partial charge in [-0.15, -0.1) is 10.2 Å². The van der Waals surface area contributed by atoms with Gasteiger partial charge in [0.05, 0.1) is 17.4 Å². The smallest absolute Gasteiger partial charge is 0.148 e. The molecule has 5 rings (SSSR count). The SMILES string of the molecule is Cc1ccc2nc(Cc3nnc(-c4cccc5[nH]ncc45)s3)cn2c1. The van der Waals surface area contributed by atoms with Gasteiger partial charge >= 0.3 is 0 Å². The highest BCUT2D eigenvalue weighted by Gasteiger charge is 2.12. The first-order valence-corrected chi connectivity index (χ1v) is 8.77. The minimum absolute atomic E-state index is 0.680. The van der Waals surface area contributed by atoms with Gasteiger partial charge in [-0.05, 0) is 24.6 Å². The topological polar surface area (TPSA) is 71.8 Å². The Kier molecular flexibility index (Phi) is 3.14. The molecule has 0 saturated carbocycles. The van der Waals surface area contributed by atoms with E-state index in [1.807, 2.05) is 24.4 Å². The van der Waals surface area contributed by atoms with Crippen LogP contribution in [0.2, 0.25) is 0 Å². The molecule has 1 aromatic carbocycles. The fraction of sp³-hybridized carbons (Fsp3) is 0.111. The van der Waals surface area contributed by atoms with E-state index in [1.54, 1.807) is 11.3 Å². The molecule has 0 aliphatic carbocycles. The standard InChI is InChI=1S/C18H14N6S/c1-11-5-6-16-20-12(10-24(16)9-11)7-17-22-23-18(25-17)13-3-2-4-15-14(13)8-19-21-15/h2-6,8-10H,7H2,1H3,(H,19,21). The first-order chi connectivity index (χ1) is 12.3. The number of nitrogens with zero attached hydrogens (tertiary/aromatic N) is 5. The molecule has 122 valence electrons. The fourth-order valence-corrected chi connectivity index (χ4v) is 3.88. The molecule has 0 saturated heterocycles. The maximum absolute atomic E-state index is 4.66. The third-order valence-electron chi connectivity index (χ3n) is 4.16. The van der Waals surface area contributed by atoms with Crippen molar-refractivity contribution in [3.63, 3.8) is 0 Å². The Morgan fingerprint density at radius 3 is 3.04 bits per heavy atom. The van der Waals surface area contributed by atoms with Gasteiger partial charge in [0.2, 0.25) is 0 Å². The number of fused-ring (bicyclic) bond motifs is 2. The van der Waals surface area contributed by atoms with Crippen LogP contribution in [0.1, 0.15) is 16.3 Å². The van der Waals surface area contributed by atoms with Crippen LogP contribution < -0.4 is 0 Å². The molecule has 0 bridgehead atoms. The second kappa shape index (κ2) is 5.49. The van der Waals surface area contributed by atoms with Crippen molar-refractivity contribution in [2.24, 2.45) is 0 Å². The van der Waals surface area contributed by atoms with E-state index in [2.05, 4.69) is 61.2 Å². The molecule has 4 heterocycles. The van der Waals surface area contributed by atoms with Crippen molar-refractivity contribution in [1.29, 1.82) is 0 Å². The zero-order chi connectivity index (χ0) is 16.8. The van der Waals surface area contributed by atoms with Crippen LogP contribution in [0.25, 0.3) is 27.1 Å². The third kappa shape index (κ3) is 2.49. The van der Waals surface area contributed by atoms with Gasteiger partial charge in [0.15, 0.2) is 0 Å². The molecule has 0 atom stereocenters. The molecular formula is C18H14N6S. The summed E-state index contributed by atoms with van der Waals surface area (Å²) in [5.74, 6) is 0. The number of pyridine rings is 1. The molecule has 25 heavy (non-hydrogen) atoms. The number of rotatable bonds is 3. The minimum Gasteiger partial charge on any atom is -0.307 e. The summed E-state index contributed by atoms with van der Waals surface area (Å²) < 4.78 is 2.05. The van der Waals surface area contributed by atoms with E-state index < -0.39 is 0 Å². The largest absolute Gasteiger partial charge is 0.307 e. The zero-order valence-electron chi connectivity index (χ0n) is 13.5. The minimum atomic E-state index is 0.680. The van der Waals surface area contributed by atoms with Gasteiger partial charge in [0.25, 0.3) is 0 Å². The molecule has 5 aromatic rings. The first kappa shape index (κ1) is 14.3. The number of aromatic amines is 1. The van der Waals surface area contributed by atoms with Crippen molar-refractivity contribution in [2.75, 3.05) is 0 Å². The fourth-order valence-electron chi connectivity index (χ4n) is 2.98. The molecule has 0 radical (unpaired) electrons. The lowest BCUT2D eigenvalue weighted by atomic mass is 10.1. The van der Waals surface area contributed by atoms with Gasteiger partial charge < -0.3 is 4.40 Å². The molecule has 0 fully saturated rings. The van der Waals surface area contributed by atoms with E-state index in [0.29, 0.717) is 6.42 Å². The number of imidazole rings is 1. The van der Waals surface area contributed by atoms with Crippen LogP contribution in [0.3, 0.4) is 0 Å². The number of aryl methyl sites for hydroxylation is 1. The highest BCUT2D eigenvalue weighted by atomic mass is 32.1. The second-order valence-corrected chi connectivity index (χ2v) is 7.08. The van der Waals surface area contributed by atoms with Crippen molar-refractivity contribution < 1.29 is 0 Å². The summed E-state index contributed by atoms with van der Waals surface area (Å²) in [5, 5.41) is 18.8. The van der Waals surface area contributed by atoms with E-state index in [1.165, 1.54) is 5.56 Å². The molecule has 0 aliphatic rings. The summed E-state index contributed by atoms with van der Waals surface area (Å²) in [6.07, 6.45) is 6.65. The molecule has 1 N–H and O–H groups in total. The van der Waals surface area contributed by atoms with Gasteiger partial charge in [0, 0.05) is 29.8 Å². The molecule has 7 heteroatoms. The van der Waals surface area contributed by atoms with Gasteiger partial charge in [0.1, 0.15) is 15.7 Å². The van der Waals surface area contributed by atoms with E-state index in [-0.39, 0.29) is 0 Å². The maximum Gasteiger partial charge on any atom is 0.148 e. The molecule has 6 nitrogen and oxygen atoms in total. The Balaban J connectivity index is 1.48. The Morgan fingerprint density at radius 2 is 2.08 bits per heavy atom. The van der Waals surface area contributed by atoms with Crippen molar-refractivity contribution in [1.82, 2.24) is 29.8 Å². The molecule has 0 spiro atoms. The quantitative estimate of drug-likeness (QED) is 0.541. The van der Waals surface area contributed by atoms with Crippen molar-refractivity contribution >= 4 is 27.9 Å². The van der Waals surface area contributed by atoms with Crippen LogP contribution in [-0.4, -0.2) is 29.8 Å². The summed E-state index contributed by atoms with van der Waals surface area (Å²) >= 11 is 1.60. The predicted octanol–water partition coefficient (Wildman–Crippen LogP) is 3.63. The van der Waals surface area contributed by atoms with E-state index in [0.717, 1.165) is 37.8 Å². The summed E-state index contributed by atoms with van der Waals surface area (Å²) in [6.45, 7) is 2.08. The molecule has 4 aromatic heterocycles. The average Bonchev–Trinajstić information content (AvgIpc) is 3.32. The lowest BCUT2D eigenvalue weighted by molar-refractivity contribution is 0.989. The first-order valence-electron chi connectivity index (χ1n) is 7.95. The third-order valence-corrected chi connectivity index (χ3v) is 5.12. The van der Waals surface area contributed by atoms with Gasteiger partial charge in [-0.1, -0.05) is 29.5 Å². The van der Waals surface area contributed by atoms with Crippen LogP contribution in [0.15, 0.2) is 48.9 Å².